The Morgan fingerprint density at radius 1 is 0.889 bits per heavy atom. The first-order chi connectivity index (χ1) is 13.1. The normalized spacial score (nSPS) is 17.6. The predicted octanol–water partition coefficient (Wildman–Crippen LogP) is 3.35. The molecule has 0 amide bonds. The Labute approximate surface area is 161 Å². The van der Waals surface area contributed by atoms with Gasteiger partial charge in [-0.2, -0.15) is 0 Å². The monoisotopic (exact) mass is 363 g/mol. The van der Waals surface area contributed by atoms with E-state index >= 15 is 0 Å². The van der Waals surface area contributed by atoms with Crippen molar-refractivity contribution in [2.45, 2.75) is 19.6 Å². The number of hydrogen-bond acceptors (Lipinski definition) is 3. The molecule has 0 unspecified atom stereocenters. The maximum Gasteiger partial charge on any atom is 0.0845 e. The minimum atomic E-state index is -0.378. The fourth-order valence-electron chi connectivity index (χ4n) is 4.28. The number of aromatic nitrogens is 1. The maximum atomic E-state index is 10.8. The summed E-state index contributed by atoms with van der Waals surface area (Å²) in [6.07, 6.45) is -0.378. The Kier molecular flexibility index (Phi) is 5.30. The van der Waals surface area contributed by atoms with E-state index in [1.807, 2.05) is 0 Å². The zero-order chi connectivity index (χ0) is 18.8. The average Bonchev–Trinajstić information content (AvgIpc) is 2.97. The van der Waals surface area contributed by atoms with E-state index in [0.717, 1.165) is 39.3 Å². The predicted molar refractivity (Wildman–Crippen MR) is 113 cm³/mol. The zero-order valence-electron chi connectivity index (χ0n) is 16.1. The van der Waals surface area contributed by atoms with Crippen LogP contribution >= 0.6 is 0 Å². The van der Waals surface area contributed by atoms with Crippen LogP contribution in [0.4, 0.5) is 0 Å². The van der Waals surface area contributed by atoms with Crippen LogP contribution < -0.4 is 0 Å². The lowest BCUT2D eigenvalue weighted by Gasteiger charge is -2.35. The molecular formula is C23H29N3O. The minimum absolute atomic E-state index is 0.378. The second-order valence-corrected chi connectivity index (χ2v) is 7.83. The Bertz CT molecular complexity index is 884. The summed E-state index contributed by atoms with van der Waals surface area (Å²) in [6.45, 7) is 12.6. The van der Waals surface area contributed by atoms with E-state index in [1.54, 1.807) is 0 Å². The van der Waals surface area contributed by atoms with E-state index in [2.05, 4.69) is 76.4 Å². The molecule has 2 heterocycles. The number of aliphatic hydroxyl groups excluding tert-OH is 1. The summed E-state index contributed by atoms with van der Waals surface area (Å²) in [5.41, 5.74) is 3.61. The molecule has 3 aromatic rings. The number of piperazine rings is 1. The molecule has 0 spiro atoms. The Balaban J connectivity index is 1.46. The van der Waals surface area contributed by atoms with Gasteiger partial charge in [0.25, 0.3) is 0 Å². The van der Waals surface area contributed by atoms with Gasteiger partial charge >= 0.3 is 0 Å². The Morgan fingerprint density at radius 2 is 1.41 bits per heavy atom. The van der Waals surface area contributed by atoms with Crippen LogP contribution in [0.2, 0.25) is 0 Å². The van der Waals surface area contributed by atoms with E-state index in [4.69, 9.17) is 0 Å². The van der Waals surface area contributed by atoms with Crippen molar-refractivity contribution in [2.75, 3.05) is 39.3 Å². The lowest BCUT2D eigenvalue weighted by atomic mass is 10.2. The minimum Gasteiger partial charge on any atom is -0.390 e. The van der Waals surface area contributed by atoms with Crippen molar-refractivity contribution in [1.29, 1.82) is 0 Å². The number of β-amino-alcohol motifs (C(OH)–C–C–N with tert-alkyl or cyclic N) is 1. The second-order valence-electron chi connectivity index (χ2n) is 7.83. The quantitative estimate of drug-likeness (QED) is 0.682. The third kappa shape index (κ3) is 3.93. The highest BCUT2D eigenvalue weighted by Crippen LogP contribution is 2.28. The van der Waals surface area contributed by atoms with E-state index < -0.39 is 0 Å². The third-order valence-corrected chi connectivity index (χ3v) is 5.50. The van der Waals surface area contributed by atoms with Crippen LogP contribution in [-0.4, -0.2) is 64.8 Å². The van der Waals surface area contributed by atoms with Gasteiger partial charge in [0, 0.05) is 61.1 Å². The lowest BCUT2D eigenvalue weighted by Crippen LogP contribution is -2.49. The Morgan fingerprint density at radius 3 is 1.96 bits per heavy atom. The van der Waals surface area contributed by atoms with Gasteiger partial charge in [0.2, 0.25) is 0 Å². The lowest BCUT2D eigenvalue weighted by molar-refractivity contribution is 0.0681. The molecule has 4 rings (SSSR count). The summed E-state index contributed by atoms with van der Waals surface area (Å²) in [4.78, 5) is 4.83. The van der Waals surface area contributed by atoms with Crippen molar-refractivity contribution >= 4 is 21.8 Å². The van der Waals surface area contributed by atoms with Crippen LogP contribution in [0.15, 0.2) is 60.7 Å². The van der Waals surface area contributed by atoms with Crippen LogP contribution in [0.25, 0.3) is 21.8 Å². The molecule has 0 saturated carbocycles. The third-order valence-electron chi connectivity index (χ3n) is 5.50. The van der Waals surface area contributed by atoms with Crippen molar-refractivity contribution in [3.05, 3.63) is 60.7 Å². The van der Waals surface area contributed by atoms with E-state index in [-0.39, 0.29) is 6.10 Å². The standard InChI is InChI=1S/C23H29N3O/c1-18(2)15-24-11-13-25(14-12-24)16-19(27)17-26-22-9-5-3-7-20(22)21-8-4-6-10-23(21)26/h3-10,19,27H,1,11-17H2,2H3/t19-/m0/s1. The van der Waals surface area contributed by atoms with E-state index in [9.17, 15) is 5.11 Å². The summed E-state index contributed by atoms with van der Waals surface area (Å²) >= 11 is 0. The molecule has 0 aliphatic carbocycles. The first-order valence-corrected chi connectivity index (χ1v) is 9.85. The molecule has 1 aliphatic heterocycles. The van der Waals surface area contributed by atoms with Gasteiger partial charge in [-0.05, 0) is 19.1 Å². The molecular weight excluding hydrogens is 334 g/mol. The van der Waals surface area contributed by atoms with Crippen molar-refractivity contribution in [3.8, 4) is 0 Å². The van der Waals surface area contributed by atoms with Crippen molar-refractivity contribution < 1.29 is 5.11 Å². The number of fused-ring (bicyclic) bond motifs is 3. The van der Waals surface area contributed by atoms with Gasteiger partial charge < -0.3 is 9.67 Å². The fraction of sp³-hybridized carbons (Fsp3) is 0.391. The van der Waals surface area contributed by atoms with Crippen LogP contribution in [0, 0.1) is 0 Å². The molecule has 2 aromatic carbocycles. The van der Waals surface area contributed by atoms with Crippen LogP contribution in [0.3, 0.4) is 0 Å². The van der Waals surface area contributed by atoms with Crippen molar-refractivity contribution in [1.82, 2.24) is 14.4 Å². The zero-order valence-corrected chi connectivity index (χ0v) is 16.1. The summed E-state index contributed by atoms with van der Waals surface area (Å²) in [5.74, 6) is 0. The van der Waals surface area contributed by atoms with E-state index in [0.29, 0.717) is 6.54 Å². The summed E-state index contributed by atoms with van der Waals surface area (Å²) in [6, 6.07) is 17.0. The maximum absolute atomic E-state index is 10.8. The average molecular weight is 364 g/mol. The highest BCUT2D eigenvalue weighted by Gasteiger charge is 2.20. The van der Waals surface area contributed by atoms with Crippen LogP contribution in [0.1, 0.15) is 6.92 Å². The SMILES string of the molecule is C=C(C)CN1CCN(C[C@H](O)Cn2c3ccccc3c3ccccc32)CC1. The highest BCUT2D eigenvalue weighted by molar-refractivity contribution is 6.07. The molecule has 1 aliphatic rings. The molecule has 4 heteroatoms. The smallest absolute Gasteiger partial charge is 0.0845 e. The molecule has 1 saturated heterocycles. The molecule has 0 radical (unpaired) electrons. The molecule has 1 N–H and O–H groups in total. The number of para-hydroxylation sites is 2. The summed E-state index contributed by atoms with van der Waals surface area (Å²) in [5, 5.41) is 13.3. The largest absolute Gasteiger partial charge is 0.390 e. The Hall–Kier alpha value is -2.14. The van der Waals surface area contributed by atoms with Gasteiger partial charge in [0.15, 0.2) is 0 Å². The topological polar surface area (TPSA) is 31.6 Å². The summed E-state index contributed by atoms with van der Waals surface area (Å²) < 4.78 is 2.27. The fourth-order valence-corrected chi connectivity index (χ4v) is 4.28. The van der Waals surface area contributed by atoms with Crippen LogP contribution in [-0.2, 0) is 6.54 Å². The van der Waals surface area contributed by atoms with Gasteiger partial charge in [0.1, 0.15) is 0 Å². The number of benzene rings is 2. The second kappa shape index (κ2) is 7.85. The first-order valence-electron chi connectivity index (χ1n) is 9.85. The van der Waals surface area contributed by atoms with Crippen molar-refractivity contribution in [3.63, 3.8) is 0 Å². The molecule has 1 aromatic heterocycles. The van der Waals surface area contributed by atoms with Gasteiger partial charge in [0.05, 0.1) is 12.6 Å². The number of aliphatic hydroxyl groups is 1. The number of nitrogens with zero attached hydrogens (tertiary/aromatic N) is 3. The first kappa shape index (κ1) is 18.2. The number of rotatable bonds is 6. The highest BCUT2D eigenvalue weighted by atomic mass is 16.3. The van der Waals surface area contributed by atoms with Gasteiger partial charge in [-0.3, -0.25) is 9.80 Å². The summed E-state index contributed by atoms with van der Waals surface area (Å²) in [7, 11) is 0. The molecule has 1 fully saturated rings. The van der Waals surface area contributed by atoms with Gasteiger partial charge in [-0.15, -0.1) is 0 Å². The number of hydrogen-bond donors (Lipinski definition) is 1. The molecule has 142 valence electrons. The van der Waals surface area contributed by atoms with Crippen LogP contribution in [0.5, 0.6) is 0 Å². The molecule has 0 bridgehead atoms. The molecule has 4 nitrogen and oxygen atoms in total. The molecule has 1 atom stereocenters. The van der Waals surface area contributed by atoms with E-state index in [1.165, 1.54) is 27.4 Å². The van der Waals surface area contributed by atoms with Crippen molar-refractivity contribution in [2.24, 2.45) is 0 Å². The van der Waals surface area contributed by atoms with Gasteiger partial charge in [-0.1, -0.05) is 48.6 Å². The van der Waals surface area contributed by atoms with Gasteiger partial charge in [-0.25, -0.2) is 0 Å². The molecule has 27 heavy (non-hydrogen) atoms.